The number of halogens is 5. The van der Waals surface area contributed by atoms with Gasteiger partial charge in [-0.15, -0.1) is 0 Å². The number of alkyl halides is 1. The number of hydrogen-bond acceptors (Lipinski definition) is 2. The molecule has 0 atom stereocenters. The van der Waals surface area contributed by atoms with E-state index >= 15 is 0 Å². The molecule has 82 valence electrons. The largest absolute Gasteiger partial charge is 0.545 e. The third kappa shape index (κ3) is 2.37. The van der Waals surface area contributed by atoms with Crippen LogP contribution >= 0.6 is 62.3 Å². The molecule has 0 saturated heterocycles. The molecule has 0 fully saturated rings. The minimum atomic E-state index is -1.45. The van der Waals surface area contributed by atoms with Gasteiger partial charge in [-0.05, 0) is 5.56 Å². The highest BCUT2D eigenvalue weighted by Gasteiger charge is 2.19. The second-order valence-corrected chi connectivity index (χ2v) is 4.60. The average Bonchev–Trinajstić information content (AvgIpc) is 2.19. The van der Waals surface area contributed by atoms with E-state index in [1.807, 2.05) is 0 Å². The van der Waals surface area contributed by atoms with Crippen LogP contribution in [0.3, 0.4) is 0 Å². The van der Waals surface area contributed by atoms with Crippen LogP contribution in [0.4, 0.5) is 0 Å². The van der Waals surface area contributed by atoms with Crippen LogP contribution in [0, 0.1) is 0 Å². The van der Waals surface area contributed by atoms with Crippen molar-refractivity contribution in [2.24, 2.45) is 0 Å². The van der Waals surface area contributed by atoms with Gasteiger partial charge in [0, 0.05) is 10.9 Å². The first-order valence-electron chi connectivity index (χ1n) is 3.53. The summed E-state index contributed by atoms with van der Waals surface area (Å²) in [5.74, 6) is -1.45. The maximum atomic E-state index is 10.8. The second-order valence-electron chi connectivity index (χ2n) is 2.53. The zero-order valence-corrected chi connectivity index (χ0v) is 11.5. The highest BCUT2D eigenvalue weighted by Crippen LogP contribution is 2.41. The molecule has 7 heteroatoms. The lowest BCUT2D eigenvalue weighted by Gasteiger charge is -2.15. The fraction of sp³-hybridized carbons (Fsp3) is 0.125. The van der Waals surface area contributed by atoms with Crippen molar-refractivity contribution < 1.29 is 9.90 Å². The van der Waals surface area contributed by atoms with E-state index in [1.54, 1.807) is 0 Å². The van der Waals surface area contributed by atoms with E-state index in [2.05, 4.69) is 15.9 Å². The van der Waals surface area contributed by atoms with Crippen LogP contribution in [0.15, 0.2) is 0 Å². The molecule has 0 aliphatic rings. The van der Waals surface area contributed by atoms with Crippen LogP contribution < -0.4 is 5.11 Å². The van der Waals surface area contributed by atoms with Crippen molar-refractivity contribution in [2.45, 2.75) is 5.33 Å². The Kier molecular flexibility index (Phi) is 4.56. The van der Waals surface area contributed by atoms with Crippen molar-refractivity contribution in [3.8, 4) is 0 Å². The molecule has 0 unspecified atom stereocenters. The van der Waals surface area contributed by atoms with Crippen LogP contribution in [0.25, 0.3) is 0 Å². The van der Waals surface area contributed by atoms with Gasteiger partial charge >= 0.3 is 0 Å². The fourth-order valence-electron chi connectivity index (χ4n) is 1.02. The van der Waals surface area contributed by atoms with Gasteiger partial charge in [-0.25, -0.2) is 0 Å². The van der Waals surface area contributed by atoms with E-state index < -0.39 is 5.97 Å². The van der Waals surface area contributed by atoms with E-state index in [0.717, 1.165) is 0 Å². The van der Waals surface area contributed by atoms with Crippen molar-refractivity contribution in [3.05, 3.63) is 31.2 Å². The molecule has 0 amide bonds. The summed E-state index contributed by atoms with van der Waals surface area (Å²) in [4.78, 5) is 10.8. The molecule has 0 N–H and O–H groups in total. The maximum Gasteiger partial charge on any atom is 0.0800 e. The molecule has 1 rings (SSSR count). The van der Waals surface area contributed by atoms with Crippen LogP contribution in [-0.2, 0) is 5.33 Å². The molecule has 0 heterocycles. The van der Waals surface area contributed by atoms with Gasteiger partial charge in [0.2, 0.25) is 0 Å². The monoisotopic (exact) mass is 349 g/mol. The maximum absolute atomic E-state index is 10.8. The fourth-order valence-corrected chi connectivity index (χ4v) is 2.77. The number of carbonyl (C=O) groups excluding carboxylic acids is 1. The van der Waals surface area contributed by atoms with E-state index in [-0.39, 0.29) is 36.5 Å². The van der Waals surface area contributed by atoms with Crippen LogP contribution in [-0.4, -0.2) is 5.97 Å². The van der Waals surface area contributed by atoms with Crippen LogP contribution in [0.5, 0.6) is 0 Å². The summed E-state index contributed by atoms with van der Waals surface area (Å²) < 4.78 is 0. The molecule has 2 nitrogen and oxygen atoms in total. The molecule has 1 aromatic carbocycles. The number of carboxylic acids is 1. The molecule has 0 saturated carbocycles. The Morgan fingerprint density at radius 1 is 1.07 bits per heavy atom. The number of carboxylic acid groups (broad SMARTS) is 1. The molecule has 0 aliphatic heterocycles. The average molecular weight is 352 g/mol. The highest BCUT2D eigenvalue weighted by atomic mass is 79.9. The first-order valence-corrected chi connectivity index (χ1v) is 6.17. The number of hydrogen-bond donors (Lipinski definition) is 0. The van der Waals surface area contributed by atoms with Crippen molar-refractivity contribution >= 4 is 68.3 Å². The van der Waals surface area contributed by atoms with Crippen molar-refractivity contribution in [1.29, 1.82) is 0 Å². The number of carbonyl (C=O) groups is 1. The van der Waals surface area contributed by atoms with Gasteiger partial charge in [0.25, 0.3) is 0 Å². The Morgan fingerprint density at radius 3 is 1.93 bits per heavy atom. The number of benzene rings is 1. The molecule has 1 aromatic rings. The van der Waals surface area contributed by atoms with Gasteiger partial charge in [-0.2, -0.15) is 0 Å². The van der Waals surface area contributed by atoms with E-state index in [9.17, 15) is 9.90 Å². The summed E-state index contributed by atoms with van der Waals surface area (Å²) in [7, 11) is 0. The van der Waals surface area contributed by atoms with E-state index in [0.29, 0.717) is 0 Å². The first-order chi connectivity index (χ1) is 6.91. The zero-order valence-electron chi connectivity index (χ0n) is 6.91. The minimum absolute atomic E-state index is 0.0304. The van der Waals surface area contributed by atoms with E-state index in [1.165, 1.54) is 0 Å². The SMILES string of the molecule is O=C([O-])c1c(Cl)c(Cl)c(Cl)c(Cl)c1CBr. The Morgan fingerprint density at radius 2 is 1.53 bits per heavy atom. The van der Waals surface area contributed by atoms with Gasteiger partial charge in [0.1, 0.15) is 0 Å². The lowest BCUT2D eigenvalue weighted by molar-refractivity contribution is -0.255. The molecule has 0 spiro atoms. The third-order valence-corrected chi connectivity index (χ3v) is 4.10. The lowest BCUT2D eigenvalue weighted by Crippen LogP contribution is -2.24. The zero-order chi connectivity index (χ0) is 11.7. The Bertz CT molecular complexity index is 433. The Hall–Kier alpha value is 0.330. The highest BCUT2D eigenvalue weighted by molar-refractivity contribution is 9.08. The standard InChI is InChI=1S/C8H3BrCl4O2/c9-1-2-3(8(14)15)5(11)7(13)6(12)4(2)10/h1H2,(H,14,15)/p-1. The summed E-state index contributed by atoms with van der Waals surface area (Å²) >= 11 is 26.1. The van der Waals surface area contributed by atoms with Gasteiger partial charge < -0.3 is 9.90 Å². The first kappa shape index (κ1) is 13.4. The predicted molar refractivity (Wildman–Crippen MR) is 63.4 cm³/mol. The molecule has 0 bridgehead atoms. The number of rotatable bonds is 2. The van der Waals surface area contributed by atoms with Crippen molar-refractivity contribution in [1.82, 2.24) is 0 Å². The van der Waals surface area contributed by atoms with Crippen LogP contribution in [0.2, 0.25) is 20.1 Å². The van der Waals surface area contributed by atoms with E-state index in [4.69, 9.17) is 46.4 Å². The van der Waals surface area contributed by atoms with Crippen molar-refractivity contribution in [2.75, 3.05) is 0 Å². The third-order valence-electron chi connectivity index (χ3n) is 1.70. The normalized spacial score (nSPS) is 10.5. The second kappa shape index (κ2) is 5.11. The summed E-state index contributed by atoms with van der Waals surface area (Å²) in [6.45, 7) is 0. The summed E-state index contributed by atoms with van der Waals surface area (Å²) in [6, 6.07) is 0. The summed E-state index contributed by atoms with van der Waals surface area (Å²) in [5, 5.41) is 10.9. The smallest absolute Gasteiger partial charge is 0.0800 e. The molecule has 0 radical (unpaired) electrons. The number of aromatic carboxylic acids is 1. The van der Waals surface area contributed by atoms with Gasteiger partial charge in [0.05, 0.1) is 26.1 Å². The molecule has 15 heavy (non-hydrogen) atoms. The molecule has 0 aromatic heterocycles. The van der Waals surface area contributed by atoms with Gasteiger partial charge in [-0.3, -0.25) is 0 Å². The van der Waals surface area contributed by atoms with Crippen molar-refractivity contribution in [3.63, 3.8) is 0 Å². The predicted octanol–water partition coefficient (Wildman–Crippen LogP) is 3.56. The lowest BCUT2D eigenvalue weighted by atomic mass is 10.1. The van der Waals surface area contributed by atoms with Crippen LogP contribution in [0.1, 0.15) is 15.9 Å². The Labute approximate surface area is 114 Å². The topological polar surface area (TPSA) is 40.1 Å². The molecule has 0 aliphatic carbocycles. The van der Waals surface area contributed by atoms with Gasteiger partial charge in [0.15, 0.2) is 0 Å². The summed E-state index contributed by atoms with van der Waals surface area (Å²) in [5.41, 5.74) is 0.00371. The minimum Gasteiger partial charge on any atom is -0.545 e. The molecular weight excluding hydrogens is 350 g/mol. The molecular formula is C8H2BrCl4O2-. The summed E-state index contributed by atoms with van der Waals surface area (Å²) in [6.07, 6.45) is 0. The Balaban J connectivity index is 3.70. The quantitative estimate of drug-likeness (QED) is 0.464. The van der Waals surface area contributed by atoms with Gasteiger partial charge in [-0.1, -0.05) is 62.3 Å².